The Balaban J connectivity index is 1.37. The first-order chi connectivity index (χ1) is 28.8. The minimum absolute atomic E-state index is 0.146. The van der Waals surface area contributed by atoms with Crippen LogP contribution in [0.3, 0.4) is 0 Å². The van der Waals surface area contributed by atoms with Crippen LogP contribution >= 0.6 is 0 Å². The highest BCUT2D eigenvalue weighted by atomic mass is 16.3. The first-order valence-electron chi connectivity index (χ1n) is 21.0. The van der Waals surface area contributed by atoms with E-state index in [1.165, 1.54) is 0 Å². The van der Waals surface area contributed by atoms with Crippen molar-refractivity contribution in [2.24, 2.45) is 0 Å². The number of hydrogen-bond acceptors (Lipinski definition) is 4. The minimum atomic E-state index is -0.687. The van der Waals surface area contributed by atoms with Crippen LogP contribution in [0.15, 0.2) is 180 Å². The SMILES string of the molecule is [2H]c1c([2H])c([2H])c(-c2c([2H])c(-c3nc(-c4ccc(-c5ccccc5)cc4)nc(-c4ccc(-c5ccccc5)cc4)n3)c3oc4c([2H])c([2H])c([2H])c([2H])c4c3c2[2H])c([2H])c1[2H]. The predicted molar refractivity (Wildman–Crippen MR) is 200 cm³/mol. The Morgan fingerprint density at radius 2 is 0.878 bits per heavy atom. The summed E-state index contributed by atoms with van der Waals surface area (Å²) in [5, 5.41) is -0.355. The number of aromatic nitrogens is 3. The Hall–Kier alpha value is -6.65. The molecule has 0 N–H and O–H groups in total. The highest BCUT2D eigenvalue weighted by Gasteiger charge is 2.20. The van der Waals surface area contributed by atoms with E-state index in [1.54, 1.807) is 0 Å². The van der Waals surface area contributed by atoms with Gasteiger partial charge in [-0.15, -0.1) is 0 Å². The zero-order chi connectivity index (χ0) is 42.1. The number of rotatable bonds is 6. The van der Waals surface area contributed by atoms with E-state index in [1.807, 2.05) is 109 Å². The van der Waals surface area contributed by atoms with Crippen LogP contribution in [0.1, 0.15) is 15.1 Å². The molecule has 4 heteroatoms. The van der Waals surface area contributed by atoms with Gasteiger partial charge in [0.25, 0.3) is 0 Å². The fraction of sp³-hybridized carbons (Fsp3) is 0. The van der Waals surface area contributed by atoms with Crippen LogP contribution in [0.5, 0.6) is 0 Å². The molecule has 0 saturated carbocycles. The number of nitrogens with zero attached hydrogens (tertiary/aromatic N) is 3. The van der Waals surface area contributed by atoms with Crippen LogP contribution < -0.4 is 0 Å². The summed E-state index contributed by atoms with van der Waals surface area (Å²) >= 11 is 0. The molecule has 0 atom stereocenters. The zero-order valence-corrected chi connectivity index (χ0v) is 25.6. The summed E-state index contributed by atoms with van der Waals surface area (Å²) in [7, 11) is 0. The van der Waals surface area contributed by atoms with Crippen molar-refractivity contribution in [3.8, 4) is 67.5 Å². The first-order valence-corrected chi connectivity index (χ1v) is 15.5. The minimum Gasteiger partial charge on any atom is -0.455 e. The van der Waals surface area contributed by atoms with Crippen molar-refractivity contribution in [2.75, 3.05) is 0 Å². The van der Waals surface area contributed by atoms with Gasteiger partial charge in [0, 0.05) is 21.9 Å². The van der Waals surface area contributed by atoms with E-state index < -0.39 is 77.6 Å². The van der Waals surface area contributed by atoms with Crippen LogP contribution in [0.2, 0.25) is 0 Å². The lowest BCUT2D eigenvalue weighted by Crippen LogP contribution is -2.00. The number of para-hydroxylation sites is 1. The first kappa shape index (κ1) is 19.2. The molecule has 230 valence electrons. The molecule has 0 fully saturated rings. The Bertz CT molecular complexity index is 3060. The molecule has 0 aliphatic rings. The van der Waals surface area contributed by atoms with Gasteiger partial charge >= 0.3 is 0 Å². The molecule has 4 nitrogen and oxygen atoms in total. The number of hydrogen-bond donors (Lipinski definition) is 0. The molecule has 9 aromatic rings. The largest absolute Gasteiger partial charge is 0.455 e. The van der Waals surface area contributed by atoms with E-state index in [9.17, 15) is 2.74 Å². The van der Waals surface area contributed by atoms with Gasteiger partial charge in [-0.1, -0.05) is 158 Å². The molecule has 7 aromatic carbocycles. The lowest BCUT2D eigenvalue weighted by molar-refractivity contribution is 0.669. The van der Waals surface area contributed by atoms with Crippen molar-refractivity contribution in [1.29, 1.82) is 0 Å². The fourth-order valence-electron chi connectivity index (χ4n) is 5.74. The van der Waals surface area contributed by atoms with Crippen molar-refractivity contribution in [2.45, 2.75) is 0 Å². The monoisotopic (exact) mass is 638 g/mol. The average Bonchev–Trinajstić information content (AvgIpc) is 3.69. The maximum absolute atomic E-state index is 9.71. The quantitative estimate of drug-likeness (QED) is 0.182. The van der Waals surface area contributed by atoms with Crippen LogP contribution in [0.25, 0.3) is 89.5 Å². The summed E-state index contributed by atoms with van der Waals surface area (Å²) in [5.74, 6) is 0.232. The van der Waals surface area contributed by atoms with E-state index in [-0.39, 0.29) is 45.0 Å². The molecule has 0 unspecified atom stereocenters. The van der Waals surface area contributed by atoms with Gasteiger partial charge in [0.1, 0.15) is 11.2 Å². The normalized spacial score (nSPS) is 14.4. The molecule has 0 radical (unpaired) electrons. The Morgan fingerprint density at radius 3 is 1.47 bits per heavy atom. The average molecular weight is 639 g/mol. The van der Waals surface area contributed by atoms with Gasteiger partial charge in [-0.2, -0.15) is 0 Å². The summed E-state index contributed by atoms with van der Waals surface area (Å²) < 4.78 is 103. The van der Waals surface area contributed by atoms with Gasteiger partial charge in [-0.25, -0.2) is 15.0 Å². The summed E-state index contributed by atoms with van der Waals surface area (Å²) in [4.78, 5) is 14.6. The van der Waals surface area contributed by atoms with Crippen molar-refractivity contribution >= 4 is 21.9 Å². The smallest absolute Gasteiger partial charge is 0.167 e. The van der Waals surface area contributed by atoms with Crippen molar-refractivity contribution in [1.82, 2.24) is 15.0 Å². The maximum Gasteiger partial charge on any atom is 0.167 e. The van der Waals surface area contributed by atoms with Crippen molar-refractivity contribution in [3.05, 3.63) is 176 Å². The molecule has 0 aliphatic carbocycles. The van der Waals surface area contributed by atoms with Gasteiger partial charge in [-0.3, -0.25) is 0 Å². The molecule has 9 rings (SSSR count). The second-order valence-electron chi connectivity index (χ2n) is 11.2. The Labute approximate surface area is 299 Å². The number of benzene rings is 7. The molecule has 0 bridgehead atoms. The van der Waals surface area contributed by atoms with Crippen LogP contribution in [0, 0.1) is 0 Å². The van der Waals surface area contributed by atoms with Gasteiger partial charge in [-0.05, 0) is 51.5 Å². The summed E-state index contributed by atoms with van der Waals surface area (Å²) in [6.45, 7) is 0. The second kappa shape index (κ2) is 12.2. The summed E-state index contributed by atoms with van der Waals surface area (Å²) in [6, 6.07) is 28.0. The van der Waals surface area contributed by atoms with Crippen LogP contribution in [-0.2, 0) is 0 Å². The van der Waals surface area contributed by atoms with E-state index in [0.717, 1.165) is 22.3 Å². The Kier molecular flexibility index (Phi) is 4.78. The molecule has 0 saturated heterocycles. The number of furan rings is 1. The van der Waals surface area contributed by atoms with E-state index in [0.29, 0.717) is 11.1 Å². The van der Waals surface area contributed by atoms with Gasteiger partial charge in [0.05, 0.1) is 20.6 Å². The third kappa shape index (κ3) is 5.45. The molecular weight excluding hydrogens is 599 g/mol. The third-order valence-corrected chi connectivity index (χ3v) is 8.17. The summed E-state index contributed by atoms with van der Waals surface area (Å²) in [5.41, 5.74) is 3.49. The molecule has 0 amide bonds. The van der Waals surface area contributed by atoms with E-state index >= 15 is 0 Å². The maximum atomic E-state index is 9.71. The van der Waals surface area contributed by atoms with Gasteiger partial charge < -0.3 is 4.42 Å². The highest BCUT2D eigenvalue weighted by molar-refractivity contribution is 6.11. The Morgan fingerprint density at radius 1 is 0.388 bits per heavy atom. The van der Waals surface area contributed by atoms with Crippen LogP contribution in [0.4, 0.5) is 0 Å². The molecule has 49 heavy (non-hydrogen) atoms. The standard InChI is InChI=1S/C45H29N3O/c1-4-12-30(13-5-1)33-20-24-35(25-21-33)43-46-44(36-26-22-34(23-27-36)31-14-6-2-7-15-31)48-45(47-43)40-29-37(32-16-8-3-9-17-32)28-39-38-18-10-11-19-41(38)49-42(39)40/h1-29H/i3D,8D,9D,10D,11D,16D,17D,18D,19D,28D,29D. The van der Waals surface area contributed by atoms with Gasteiger partial charge in [0.15, 0.2) is 17.5 Å². The lowest BCUT2D eigenvalue weighted by Gasteiger charge is -2.11. The van der Waals surface area contributed by atoms with Crippen LogP contribution in [-0.4, -0.2) is 15.0 Å². The highest BCUT2D eigenvalue weighted by Crippen LogP contribution is 2.39. The third-order valence-electron chi connectivity index (χ3n) is 8.17. The zero-order valence-electron chi connectivity index (χ0n) is 36.6. The topological polar surface area (TPSA) is 51.8 Å². The van der Waals surface area contributed by atoms with E-state index in [2.05, 4.69) is 0 Å². The van der Waals surface area contributed by atoms with Crippen molar-refractivity contribution in [3.63, 3.8) is 0 Å². The second-order valence-corrected chi connectivity index (χ2v) is 11.2. The fourth-order valence-corrected chi connectivity index (χ4v) is 5.74. The summed E-state index contributed by atoms with van der Waals surface area (Å²) in [6.07, 6.45) is 0. The molecule has 2 aromatic heterocycles. The molecule has 0 spiro atoms. The van der Waals surface area contributed by atoms with Gasteiger partial charge in [0.2, 0.25) is 0 Å². The predicted octanol–water partition coefficient (Wildman–Crippen LogP) is 11.8. The lowest BCUT2D eigenvalue weighted by atomic mass is 9.99. The molecule has 0 aliphatic heterocycles. The van der Waals surface area contributed by atoms with Crippen molar-refractivity contribution < 1.29 is 19.5 Å². The number of fused-ring (bicyclic) bond motifs is 3. The molecular formula is C45H29N3O. The molecule has 2 heterocycles. The van der Waals surface area contributed by atoms with E-state index in [4.69, 9.17) is 31.7 Å².